The van der Waals surface area contributed by atoms with Crippen LogP contribution in [0.2, 0.25) is 0 Å². The number of H-pyrrole nitrogens is 1. The topological polar surface area (TPSA) is 27.8 Å². The molecule has 0 spiro atoms. The van der Waals surface area contributed by atoms with Crippen molar-refractivity contribution in [3.63, 3.8) is 0 Å². The van der Waals surface area contributed by atoms with Crippen LogP contribution in [0, 0.1) is 5.92 Å². The minimum absolute atomic E-state index is 0.725. The molecule has 0 aliphatic heterocycles. The summed E-state index contributed by atoms with van der Waals surface area (Å²) in [5, 5.41) is 4.83. The Hall–Kier alpha value is -1.28. The van der Waals surface area contributed by atoms with Crippen molar-refractivity contribution < 1.29 is 0 Å². The molecule has 0 bridgehead atoms. The van der Waals surface area contributed by atoms with Gasteiger partial charge in [0.05, 0.1) is 0 Å². The maximum absolute atomic E-state index is 3.47. The van der Waals surface area contributed by atoms with Crippen LogP contribution in [0.15, 0.2) is 30.5 Å². The van der Waals surface area contributed by atoms with Crippen LogP contribution in [-0.4, -0.2) is 18.1 Å². The Morgan fingerprint density at radius 1 is 1.25 bits per heavy atom. The Morgan fingerprint density at radius 3 is 2.88 bits per heavy atom. The van der Waals surface area contributed by atoms with Crippen molar-refractivity contribution in [1.82, 2.24) is 10.3 Å². The van der Waals surface area contributed by atoms with Crippen LogP contribution in [0.1, 0.15) is 19.4 Å². The smallest absolute Gasteiger partial charge is 0.0456 e. The SMILES string of the molecule is CC(C)CNCCc1c[nH]c2ccccc12. The van der Waals surface area contributed by atoms with Crippen LogP contribution < -0.4 is 5.32 Å². The zero-order valence-electron chi connectivity index (χ0n) is 10.1. The van der Waals surface area contributed by atoms with Crippen molar-refractivity contribution in [2.75, 3.05) is 13.1 Å². The van der Waals surface area contributed by atoms with E-state index in [1.165, 1.54) is 16.5 Å². The van der Waals surface area contributed by atoms with Gasteiger partial charge in [0.15, 0.2) is 0 Å². The fraction of sp³-hybridized carbons (Fsp3) is 0.429. The van der Waals surface area contributed by atoms with E-state index < -0.39 is 0 Å². The van der Waals surface area contributed by atoms with E-state index in [1.807, 2.05) is 0 Å². The monoisotopic (exact) mass is 216 g/mol. The number of hydrogen-bond acceptors (Lipinski definition) is 1. The number of benzene rings is 1. The zero-order valence-corrected chi connectivity index (χ0v) is 10.1. The second kappa shape index (κ2) is 5.17. The molecule has 0 fully saturated rings. The van der Waals surface area contributed by atoms with Gasteiger partial charge in [-0.3, -0.25) is 0 Å². The molecule has 2 nitrogen and oxygen atoms in total. The van der Waals surface area contributed by atoms with E-state index in [-0.39, 0.29) is 0 Å². The van der Waals surface area contributed by atoms with Gasteiger partial charge in [-0.25, -0.2) is 0 Å². The Labute approximate surface area is 97.1 Å². The maximum Gasteiger partial charge on any atom is 0.0456 e. The minimum atomic E-state index is 0.725. The lowest BCUT2D eigenvalue weighted by atomic mass is 10.1. The summed E-state index contributed by atoms with van der Waals surface area (Å²) in [5.41, 5.74) is 2.65. The molecular weight excluding hydrogens is 196 g/mol. The molecule has 0 atom stereocenters. The second-order valence-electron chi connectivity index (χ2n) is 4.71. The normalized spacial score (nSPS) is 11.4. The van der Waals surface area contributed by atoms with E-state index in [9.17, 15) is 0 Å². The molecule has 0 aliphatic rings. The van der Waals surface area contributed by atoms with E-state index in [4.69, 9.17) is 0 Å². The molecule has 1 aromatic carbocycles. The van der Waals surface area contributed by atoms with Crippen molar-refractivity contribution in [2.45, 2.75) is 20.3 Å². The fourth-order valence-electron chi connectivity index (χ4n) is 1.95. The first-order valence-corrected chi connectivity index (χ1v) is 6.03. The van der Waals surface area contributed by atoms with Crippen LogP contribution in [0.3, 0.4) is 0 Å². The second-order valence-corrected chi connectivity index (χ2v) is 4.71. The van der Waals surface area contributed by atoms with Gasteiger partial charge in [-0.2, -0.15) is 0 Å². The highest BCUT2D eigenvalue weighted by molar-refractivity contribution is 5.83. The van der Waals surface area contributed by atoms with Gasteiger partial charge in [-0.05, 0) is 37.1 Å². The Morgan fingerprint density at radius 2 is 2.06 bits per heavy atom. The van der Waals surface area contributed by atoms with Crippen molar-refractivity contribution in [2.24, 2.45) is 5.92 Å². The van der Waals surface area contributed by atoms with E-state index in [0.717, 1.165) is 25.4 Å². The van der Waals surface area contributed by atoms with Crippen molar-refractivity contribution in [1.29, 1.82) is 0 Å². The number of fused-ring (bicyclic) bond motifs is 1. The maximum atomic E-state index is 3.47. The summed E-state index contributed by atoms with van der Waals surface area (Å²) in [6, 6.07) is 8.48. The number of para-hydroxylation sites is 1. The number of aromatic nitrogens is 1. The van der Waals surface area contributed by atoms with Crippen LogP contribution in [-0.2, 0) is 6.42 Å². The molecule has 2 aromatic rings. The number of aromatic amines is 1. The van der Waals surface area contributed by atoms with Gasteiger partial charge in [0.2, 0.25) is 0 Å². The molecule has 0 aliphatic carbocycles. The van der Waals surface area contributed by atoms with Gasteiger partial charge in [0.25, 0.3) is 0 Å². The van der Waals surface area contributed by atoms with E-state index >= 15 is 0 Å². The average Bonchev–Trinajstić information content (AvgIpc) is 2.68. The standard InChI is InChI=1S/C14H20N2/c1-11(2)9-15-8-7-12-10-16-14-6-4-3-5-13(12)14/h3-6,10-11,15-16H,7-9H2,1-2H3. The van der Waals surface area contributed by atoms with E-state index in [2.05, 4.69) is 54.6 Å². The molecule has 1 aromatic heterocycles. The van der Waals surface area contributed by atoms with Crippen molar-refractivity contribution >= 4 is 10.9 Å². The van der Waals surface area contributed by atoms with Gasteiger partial charge in [-0.15, -0.1) is 0 Å². The Bertz CT molecular complexity index is 443. The molecule has 2 rings (SSSR count). The Balaban J connectivity index is 1.94. The zero-order chi connectivity index (χ0) is 11.4. The summed E-state index contributed by atoms with van der Waals surface area (Å²) in [5.74, 6) is 0.725. The quantitative estimate of drug-likeness (QED) is 0.739. The summed E-state index contributed by atoms with van der Waals surface area (Å²) in [6.07, 6.45) is 3.22. The molecule has 86 valence electrons. The number of nitrogens with one attached hydrogen (secondary N) is 2. The van der Waals surface area contributed by atoms with Gasteiger partial charge in [0.1, 0.15) is 0 Å². The predicted octanol–water partition coefficient (Wildman–Crippen LogP) is 2.96. The molecular formula is C14H20N2. The minimum Gasteiger partial charge on any atom is -0.361 e. The molecule has 0 saturated carbocycles. The molecule has 0 saturated heterocycles. The van der Waals surface area contributed by atoms with Crippen molar-refractivity contribution in [3.8, 4) is 0 Å². The molecule has 0 amide bonds. The van der Waals surface area contributed by atoms with E-state index in [1.54, 1.807) is 0 Å². The predicted molar refractivity (Wildman–Crippen MR) is 69.7 cm³/mol. The first-order chi connectivity index (χ1) is 7.77. The summed E-state index contributed by atoms with van der Waals surface area (Å²) in [6.45, 7) is 6.62. The highest BCUT2D eigenvalue weighted by atomic mass is 14.8. The van der Waals surface area contributed by atoms with Crippen LogP contribution in [0.5, 0.6) is 0 Å². The summed E-state index contributed by atoms with van der Waals surface area (Å²) < 4.78 is 0. The summed E-state index contributed by atoms with van der Waals surface area (Å²) in [7, 11) is 0. The molecule has 0 unspecified atom stereocenters. The van der Waals surface area contributed by atoms with Gasteiger partial charge >= 0.3 is 0 Å². The molecule has 2 heteroatoms. The van der Waals surface area contributed by atoms with Crippen molar-refractivity contribution in [3.05, 3.63) is 36.0 Å². The summed E-state index contributed by atoms with van der Waals surface area (Å²) in [4.78, 5) is 3.31. The van der Waals surface area contributed by atoms with E-state index in [0.29, 0.717) is 0 Å². The van der Waals surface area contributed by atoms with Crippen LogP contribution in [0.4, 0.5) is 0 Å². The molecule has 1 heterocycles. The molecule has 0 radical (unpaired) electrons. The largest absolute Gasteiger partial charge is 0.361 e. The third kappa shape index (κ3) is 2.64. The third-order valence-corrected chi connectivity index (χ3v) is 2.80. The first-order valence-electron chi connectivity index (χ1n) is 6.03. The van der Waals surface area contributed by atoms with Crippen LogP contribution >= 0.6 is 0 Å². The summed E-state index contributed by atoms with van der Waals surface area (Å²) >= 11 is 0. The van der Waals surface area contributed by atoms with Gasteiger partial charge in [0, 0.05) is 17.1 Å². The molecule has 2 N–H and O–H groups in total. The lowest BCUT2D eigenvalue weighted by Crippen LogP contribution is -2.21. The first kappa shape index (κ1) is 11.2. The fourth-order valence-corrected chi connectivity index (χ4v) is 1.95. The highest BCUT2D eigenvalue weighted by Gasteiger charge is 2.02. The number of rotatable bonds is 5. The third-order valence-electron chi connectivity index (χ3n) is 2.80. The molecule has 16 heavy (non-hydrogen) atoms. The average molecular weight is 216 g/mol. The van der Waals surface area contributed by atoms with Gasteiger partial charge in [-0.1, -0.05) is 32.0 Å². The lowest BCUT2D eigenvalue weighted by molar-refractivity contribution is 0.555. The highest BCUT2D eigenvalue weighted by Crippen LogP contribution is 2.17. The van der Waals surface area contributed by atoms with Crippen LogP contribution in [0.25, 0.3) is 10.9 Å². The lowest BCUT2D eigenvalue weighted by Gasteiger charge is -2.06. The Kier molecular flexibility index (Phi) is 3.62. The number of hydrogen-bond donors (Lipinski definition) is 2. The van der Waals surface area contributed by atoms with Gasteiger partial charge < -0.3 is 10.3 Å².